The van der Waals surface area contributed by atoms with Crippen molar-refractivity contribution in [2.24, 2.45) is 5.73 Å². The predicted octanol–water partition coefficient (Wildman–Crippen LogP) is 1.18. The topological polar surface area (TPSA) is 43.1 Å². The summed E-state index contributed by atoms with van der Waals surface area (Å²) in [5.74, 6) is 0.146. The van der Waals surface area contributed by atoms with Crippen molar-refractivity contribution < 1.29 is 4.79 Å². The van der Waals surface area contributed by atoms with Gasteiger partial charge in [0.15, 0.2) is 0 Å². The Labute approximate surface area is 66.8 Å². The van der Waals surface area contributed by atoms with Gasteiger partial charge in [-0.05, 0) is 13.3 Å². The first-order chi connectivity index (χ1) is 5.12. The van der Waals surface area contributed by atoms with Crippen molar-refractivity contribution in [3.8, 4) is 0 Å². The van der Waals surface area contributed by atoms with E-state index in [1.807, 2.05) is 24.3 Å². The molecule has 0 aromatic carbocycles. The van der Waals surface area contributed by atoms with Gasteiger partial charge in [0.05, 0.1) is 0 Å². The van der Waals surface area contributed by atoms with Crippen LogP contribution in [0.2, 0.25) is 0 Å². The smallest absolute Gasteiger partial charge is 0.132 e. The second kappa shape index (κ2) is 3.01. The van der Waals surface area contributed by atoms with Crippen molar-refractivity contribution in [1.29, 1.82) is 0 Å². The normalized spacial score (nSPS) is 28.9. The third kappa shape index (κ3) is 2.31. The van der Waals surface area contributed by atoms with Crippen molar-refractivity contribution in [3.63, 3.8) is 0 Å². The summed E-state index contributed by atoms with van der Waals surface area (Å²) < 4.78 is 0. The minimum atomic E-state index is -0.416. The average Bonchev–Trinajstić information content (AvgIpc) is 1.85. The zero-order valence-corrected chi connectivity index (χ0v) is 6.71. The fraction of sp³-hybridized carbons (Fsp3) is 0.444. The molecule has 11 heavy (non-hydrogen) atoms. The highest BCUT2D eigenvalue weighted by molar-refractivity contribution is 5.77. The molecule has 1 aliphatic carbocycles. The van der Waals surface area contributed by atoms with Gasteiger partial charge < -0.3 is 5.73 Å². The number of carbonyl (C=O) groups excluding carboxylic acids is 1. The minimum absolute atomic E-state index is 0.146. The lowest BCUT2D eigenvalue weighted by molar-refractivity contribution is -0.117. The highest BCUT2D eigenvalue weighted by Crippen LogP contribution is 2.18. The molecular weight excluding hydrogens is 138 g/mol. The molecule has 1 rings (SSSR count). The van der Waals surface area contributed by atoms with E-state index in [-0.39, 0.29) is 5.78 Å². The van der Waals surface area contributed by atoms with Crippen molar-refractivity contribution in [2.75, 3.05) is 0 Å². The van der Waals surface area contributed by atoms with E-state index in [4.69, 9.17) is 5.73 Å². The van der Waals surface area contributed by atoms with E-state index in [0.717, 1.165) is 6.42 Å². The highest BCUT2D eigenvalue weighted by atomic mass is 16.1. The predicted molar refractivity (Wildman–Crippen MR) is 45.1 cm³/mol. The van der Waals surface area contributed by atoms with E-state index < -0.39 is 5.54 Å². The molecule has 0 spiro atoms. The Kier molecular flexibility index (Phi) is 2.25. The summed E-state index contributed by atoms with van der Waals surface area (Å²) in [4.78, 5) is 10.8. The van der Waals surface area contributed by atoms with Crippen LogP contribution in [0.15, 0.2) is 24.3 Å². The molecule has 0 saturated heterocycles. The van der Waals surface area contributed by atoms with E-state index >= 15 is 0 Å². The molecule has 2 N–H and O–H groups in total. The Bertz CT molecular complexity index is 218. The lowest BCUT2D eigenvalue weighted by atomic mass is 9.88. The van der Waals surface area contributed by atoms with Gasteiger partial charge in [0, 0.05) is 12.0 Å². The van der Waals surface area contributed by atoms with Crippen LogP contribution < -0.4 is 5.73 Å². The molecule has 2 nitrogen and oxygen atoms in total. The Balaban J connectivity index is 2.61. The molecule has 1 unspecified atom stereocenters. The standard InChI is InChI=1S/C9H13NO/c1-8(11)7-9(10)5-3-2-4-6-9/h2-5H,6-7,10H2,1H3. The average molecular weight is 151 g/mol. The van der Waals surface area contributed by atoms with Crippen LogP contribution in [0, 0.1) is 0 Å². The van der Waals surface area contributed by atoms with E-state index in [1.165, 1.54) is 0 Å². The summed E-state index contributed by atoms with van der Waals surface area (Å²) in [6.07, 6.45) is 8.94. The Hall–Kier alpha value is -0.890. The molecule has 0 aliphatic heterocycles. The summed E-state index contributed by atoms with van der Waals surface area (Å²) in [7, 11) is 0. The van der Waals surface area contributed by atoms with Crippen molar-refractivity contribution in [3.05, 3.63) is 24.3 Å². The summed E-state index contributed by atoms with van der Waals surface area (Å²) in [5, 5.41) is 0. The molecule has 0 fully saturated rings. The minimum Gasteiger partial charge on any atom is -0.321 e. The van der Waals surface area contributed by atoms with Crippen molar-refractivity contribution >= 4 is 5.78 Å². The maximum absolute atomic E-state index is 10.8. The lowest BCUT2D eigenvalue weighted by Crippen LogP contribution is -2.39. The van der Waals surface area contributed by atoms with Crippen LogP contribution in [-0.2, 0) is 4.79 Å². The molecule has 0 heterocycles. The Morgan fingerprint density at radius 3 is 2.82 bits per heavy atom. The van der Waals surface area contributed by atoms with E-state index in [0.29, 0.717) is 6.42 Å². The maximum Gasteiger partial charge on any atom is 0.132 e. The zero-order valence-electron chi connectivity index (χ0n) is 6.71. The van der Waals surface area contributed by atoms with Gasteiger partial charge in [-0.25, -0.2) is 0 Å². The molecule has 0 aromatic rings. The zero-order chi connectivity index (χ0) is 8.32. The number of allylic oxidation sites excluding steroid dienone is 2. The van der Waals surface area contributed by atoms with E-state index in [1.54, 1.807) is 6.92 Å². The van der Waals surface area contributed by atoms with Crippen molar-refractivity contribution in [1.82, 2.24) is 0 Å². The number of nitrogens with two attached hydrogens (primary N) is 1. The molecule has 2 heteroatoms. The monoisotopic (exact) mass is 151 g/mol. The molecule has 0 bridgehead atoms. The number of ketones is 1. The molecule has 1 atom stereocenters. The molecule has 60 valence electrons. The molecule has 1 aliphatic rings. The first-order valence-electron chi connectivity index (χ1n) is 3.75. The van der Waals surface area contributed by atoms with Crippen LogP contribution in [0.25, 0.3) is 0 Å². The Morgan fingerprint density at radius 2 is 2.36 bits per heavy atom. The van der Waals surface area contributed by atoms with E-state index in [2.05, 4.69) is 0 Å². The molecule has 0 radical (unpaired) electrons. The van der Waals surface area contributed by atoms with Gasteiger partial charge >= 0.3 is 0 Å². The first kappa shape index (κ1) is 8.21. The van der Waals surface area contributed by atoms with Gasteiger partial charge in [-0.3, -0.25) is 4.79 Å². The fourth-order valence-electron chi connectivity index (χ4n) is 1.28. The van der Waals surface area contributed by atoms with E-state index in [9.17, 15) is 4.79 Å². The molecule has 0 amide bonds. The van der Waals surface area contributed by atoms with Gasteiger partial charge in [0.1, 0.15) is 5.78 Å². The van der Waals surface area contributed by atoms with Gasteiger partial charge in [-0.2, -0.15) is 0 Å². The number of Topliss-reactive ketones (excluding diaryl/α,β-unsaturated/α-hetero) is 1. The maximum atomic E-state index is 10.8. The molecule has 0 saturated carbocycles. The second-order valence-electron chi connectivity index (χ2n) is 3.10. The number of rotatable bonds is 2. The second-order valence-corrected chi connectivity index (χ2v) is 3.10. The van der Waals surface area contributed by atoms with Gasteiger partial charge in [0.25, 0.3) is 0 Å². The third-order valence-electron chi connectivity index (χ3n) is 1.75. The summed E-state index contributed by atoms with van der Waals surface area (Å²) in [6, 6.07) is 0. The van der Waals surface area contributed by atoms with Crippen molar-refractivity contribution in [2.45, 2.75) is 25.3 Å². The SMILES string of the molecule is CC(=O)CC1(N)C=CC=CC1. The van der Waals surface area contributed by atoms with Crippen LogP contribution >= 0.6 is 0 Å². The summed E-state index contributed by atoms with van der Waals surface area (Å²) >= 11 is 0. The highest BCUT2D eigenvalue weighted by Gasteiger charge is 2.22. The van der Waals surface area contributed by atoms with Gasteiger partial charge in [-0.15, -0.1) is 0 Å². The Morgan fingerprint density at radius 1 is 1.64 bits per heavy atom. The van der Waals surface area contributed by atoms with Crippen LogP contribution in [0.4, 0.5) is 0 Å². The van der Waals surface area contributed by atoms with Gasteiger partial charge in [-0.1, -0.05) is 24.3 Å². The molecular formula is C9H13NO. The first-order valence-corrected chi connectivity index (χ1v) is 3.75. The van der Waals surface area contributed by atoms with Crippen LogP contribution in [0.3, 0.4) is 0 Å². The quantitative estimate of drug-likeness (QED) is 0.644. The molecule has 0 aromatic heterocycles. The van der Waals surface area contributed by atoms with Crippen LogP contribution in [-0.4, -0.2) is 11.3 Å². The van der Waals surface area contributed by atoms with Gasteiger partial charge in [0.2, 0.25) is 0 Å². The third-order valence-corrected chi connectivity index (χ3v) is 1.75. The number of hydrogen-bond donors (Lipinski definition) is 1. The number of carbonyl (C=O) groups is 1. The number of hydrogen-bond acceptors (Lipinski definition) is 2. The largest absolute Gasteiger partial charge is 0.321 e. The summed E-state index contributed by atoms with van der Waals surface area (Å²) in [5.41, 5.74) is 5.49. The van der Waals surface area contributed by atoms with Crippen LogP contribution in [0.1, 0.15) is 19.8 Å². The van der Waals surface area contributed by atoms with Crippen LogP contribution in [0.5, 0.6) is 0 Å². The summed E-state index contributed by atoms with van der Waals surface area (Å²) in [6.45, 7) is 1.57. The fourth-order valence-corrected chi connectivity index (χ4v) is 1.28. The lowest BCUT2D eigenvalue weighted by Gasteiger charge is -2.24.